The quantitative estimate of drug-likeness (QED) is 0.746. The molecule has 0 aromatic carbocycles. The van der Waals surface area contributed by atoms with Crippen molar-refractivity contribution in [2.75, 3.05) is 32.7 Å². The molecule has 2 atom stereocenters. The number of hydrogen-bond acceptors (Lipinski definition) is 2. The number of fused-ring (bicyclic) bond motifs is 2. The van der Waals surface area contributed by atoms with Gasteiger partial charge >= 0.3 is 0 Å². The van der Waals surface area contributed by atoms with Crippen molar-refractivity contribution in [2.24, 2.45) is 17.3 Å². The van der Waals surface area contributed by atoms with E-state index in [1.807, 2.05) is 0 Å². The molecule has 0 aromatic rings. The van der Waals surface area contributed by atoms with Crippen molar-refractivity contribution >= 4 is 0 Å². The van der Waals surface area contributed by atoms with Crippen LogP contribution in [0.3, 0.4) is 0 Å². The van der Waals surface area contributed by atoms with Gasteiger partial charge in [0.15, 0.2) is 0 Å². The second-order valence-electron chi connectivity index (χ2n) is 7.86. The summed E-state index contributed by atoms with van der Waals surface area (Å²) in [4.78, 5) is 5.46. The molecule has 0 saturated carbocycles. The molecule has 2 nitrogen and oxygen atoms in total. The van der Waals surface area contributed by atoms with Crippen LogP contribution < -0.4 is 0 Å². The van der Waals surface area contributed by atoms with Gasteiger partial charge in [0.25, 0.3) is 0 Å². The predicted octanol–water partition coefficient (Wildman–Crippen LogP) is 2.69. The molecule has 2 fully saturated rings. The fourth-order valence-electron chi connectivity index (χ4n) is 3.64. The number of nitrogens with zero attached hydrogens (tertiary/aromatic N) is 2. The molecule has 2 unspecified atom stereocenters. The van der Waals surface area contributed by atoms with Crippen LogP contribution in [0.15, 0.2) is 0 Å². The van der Waals surface area contributed by atoms with Gasteiger partial charge in [-0.25, -0.2) is 0 Å². The van der Waals surface area contributed by atoms with Gasteiger partial charge in [-0.15, -0.1) is 0 Å². The molecule has 0 radical (unpaired) electrons. The van der Waals surface area contributed by atoms with Gasteiger partial charge in [0.1, 0.15) is 0 Å². The first-order valence-corrected chi connectivity index (χ1v) is 7.30. The molecule has 2 rings (SSSR count). The van der Waals surface area contributed by atoms with E-state index >= 15 is 0 Å². The molecule has 2 aliphatic rings. The lowest BCUT2D eigenvalue weighted by atomic mass is 9.93. The molecule has 0 aliphatic carbocycles. The average Bonchev–Trinajstić information content (AvgIpc) is 2.37. The molecule has 2 bridgehead atoms. The van der Waals surface area contributed by atoms with E-state index in [0.717, 1.165) is 17.9 Å². The van der Waals surface area contributed by atoms with Gasteiger partial charge < -0.3 is 4.90 Å². The average molecular weight is 238 g/mol. The zero-order valence-electron chi connectivity index (χ0n) is 12.4. The molecule has 0 amide bonds. The summed E-state index contributed by atoms with van der Waals surface area (Å²) in [5.41, 5.74) is 0.444. The fourth-order valence-corrected chi connectivity index (χ4v) is 3.64. The van der Waals surface area contributed by atoms with Crippen molar-refractivity contribution in [3.05, 3.63) is 0 Å². The molecule has 0 aromatic heterocycles. The van der Waals surface area contributed by atoms with Crippen molar-refractivity contribution in [3.63, 3.8) is 0 Å². The minimum Gasteiger partial charge on any atom is -0.301 e. The van der Waals surface area contributed by atoms with Crippen molar-refractivity contribution in [2.45, 2.75) is 47.1 Å². The van der Waals surface area contributed by atoms with Crippen LogP contribution in [0.4, 0.5) is 0 Å². The molecule has 2 aliphatic heterocycles. The highest BCUT2D eigenvalue weighted by Gasteiger charge is 2.39. The Morgan fingerprint density at radius 2 is 1.82 bits per heavy atom. The predicted molar refractivity (Wildman–Crippen MR) is 74.2 cm³/mol. The molecule has 2 heterocycles. The number of likely N-dealkylation sites (tertiary alicyclic amines) is 2. The van der Waals surface area contributed by atoms with Crippen LogP contribution in [0.2, 0.25) is 0 Å². The molecule has 17 heavy (non-hydrogen) atoms. The van der Waals surface area contributed by atoms with E-state index < -0.39 is 0 Å². The number of piperidine rings is 1. The molecule has 0 N–H and O–H groups in total. The molecule has 100 valence electrons. The normalized spacial score (nSPS) is 31.4. The highest BCUT2D eigenvalue weighted by Crippen LogP contribution is 2.31. The summed E-state index contributed by atoms with van der Waals surface area (Å²) in [5, 5.41) is 0. The smallest absolute Gasteiger partial charge is 0.0227 e. The van der Waals surface area contributed by atoms with Gasteiger partial charge in [-0.3, -0.25) is 4.90 Å². The summed E-state index contributed by atoms with van der Waals surface area (Å²) in [7, 11) is 0. The second kappa shape index (κ2) is 4.89. The summed E-state index contributed by atoms with van der Waals surface area (Å²) < 4.78 is 0. The van der Waals surface area contributed by atoms with Crippen LogP contribution in [0.25, 0.3) is 0 Å². The van der Waals surface area contributed by atoms with Gasteiger partial charge in [0, 0.05) is 38.8 Å². The zero-order valence-corrected chi connectivity index (χ0v) is 12.4. The highest BCUT2D eigenvalue weighted by atomic mass is 15.3. The molecule has 2 heteroatoms. The first kappa shape index (κ1) is 13.4. The van der Waals surface area contributed by atoms with E-state index in [1.54, 1.807) is 0 Å². The third kappa shape index (κ3) is 3.69. The van der Waals surface area contributed by atoms with Gasteiger partial charge in [-0.1, -0.05) is 34.6 Å². The monoisotopic (exact) mass is 238 g/mol. The van der Waals surface area contributed by atoms with Crippen LogP contribution in [-0.2, 0) is 0 Å². The molecular formula is C15H30N2. The summed E-state index contributed by atoms with van der Waals surface area (Å²) in [6.07, 6.45) is 1.45. The van der Waals surface area contributed by atoms with Crippen molar-refractivity contribution in [3.8, 4) is 0 Å². The summed E-state index contributed by atoms with van der Waals surface area (Å²) in [6, 6.07) is 0.846. The third-order valence-electron chi connectivity index (χ3n) is 3.90. The van der Waals surface area contributed by atoms with Gasteiger partial charge in [0.2, 0.25) is 0 Å². The maximum atomic E-state index is 2.75. The zero-order chi connectivity index (χ0) is 12.6. The van der Waals surface area contributed by atoms with Gasteiger partial charge in [-0.2, -0.15) is 0 Å². The Morgan fingerprint density at radius 3 is 2.41 bits per heavy atom. The van der Waals surface area contributed by atoms with Crippen molar-refractivity contribution in [1.82, 2.24) is 9.80 Å². The standard InChI is InChI=1S/C15H30N2/c1-12(2)7-17-9-13-6-14(17)10-16(8-13)11-15(3,4)5/h12-14H,6-11H2,1-5H3. The van der Waals surface area contributed by atoms with Crippen LogP contribution in [-0.4, -0.2) is 48.6 Å². The van der Waals surface area contributed by atoms with E-state index in [1.165, 1.54) is 39.1 Å². The van der Waals surface area contributed by atoms with Crippen LogP contribution >= 0.6 is 0 Å². The lowest BCUT2D eigenvalue weighted by molar-refractivity contribution is 0.120. The Morgan fingerprint density at radius 1 is 1.12 bits per heavy atom. The van der Waals surface area contributed by atoms with Crippen molar-refractivity contribution in [1.29, 1.82) is 0 Å². The van der Waals surface area contributed by atoms with Crippen molar-refractivity contribution < 1.29 is 0 Å². The third-order valence-corrected chi connectivity index (χ3v) is 3.90. The summed E-state index contributed by atoms with van der Waals surface area (Å²) >= 11 is 0. The van der Waals surface area contributed by atoms with Crippen LogP contribution in [0.5, 0.6) is 0 Å². The van der Waals surface area contributed by atoms with E-state index in [4.69, 9.17) is 0 Å². The Bertz CT molecular complexity index is 254. The Balaban J connectivity index is 1.90. The fraction of sp³-hybridized carbons (Fsp3) is 1.00. The summed E-state index contributed by atoms with van der Waals surface area (Å²) in [5.74, 6) is 1.75. The van der Waals surface area contributed by atoms with E-state index in [9.17, 15) is 0 Å². The Hall–Kier alpha value is -0.0800. The summed E-state index contributed by atoms with van der Waals surface area (Å²) in [6.45, 7) is 18.3. The van der Waals surface area contributed by atoms with Crippen LogP contribution in [0, 0.1) is 17.3 Å². The Labute approximate surface area is 107 Å². The van der Waals surface area contributed by atoms with Gasteiger partial charge in [0.05, 0.1) is 0 Å². The SMILES string of the molecule is CC(C)CN1CC2CC1CN(CC(C)(C)C)C2. The largest absolute Gasteiger partial charge is 0.301 e. The number of rotatable bonds is 3. The maximum Gasteiger partial charge on any atom is 0.0227 e. The lowest BCUT2D eigenvalue weighted by Crippen LogP contribution is -2.45. The first-order valence-electron chi connectivity index (χ1n) is 7.30. The van der Waals surface area contributed by atoms with Crippen LogP contribution in [0.1, 0.15) is 41.0 Å². The van der Waals surface area contributed by atoms with Gasteiger partial charge in [-0.05, 0) is 23.7 Å². The number of hydrogen-bond donors (Lipinski definition) is 0. The second-order valence-corrected chi connectivity index (χ2v) is 7.86. The molecule has 0 spiro atoms. The molecule has 2 saturated heterocycles. The van der Waals surface area contributed by atoms with E-state index in [-0.39, 0.29) is 0 Å². The lowest BCUT2D eigenvalue weighted by Gasteiger charge is -2.36. The first-order chi connectivity index (χ1) is 7.83. The maximum absolute atomic E-state index is 2.75. The molecular weight excluding hydrogens is 208 g/mol. The van der Waals surface area contributed by atoms with E-state index in [0.29, 0.717) is 5.41 Å². The Kier molecular flexibility index (Phi) is 3.84. The minimum absolute atomic E-state index is 0.444. The topological polar surface area (TPSA) is 6.48 Å². The minimum atomic E-state index is 0.444. The van der Waals surface area contributed by atoms with E-state index in [2.05, 4.69) is 44.4 Å². The highest BCUT2D eigenvalue weighted by molar-refractivity contribution is 4.94.